The standard InChI is InChI=1S/C13H21N3O/c1-3-12(17)11-9-15-13(8-10(11)2)16-6-4-14-5-7-16/h8-9,12,14,17H,3-7H2,1-2H3. The quantitative estimate of drug-likeness (QED) is 0.827. The van der Waals surface area contributed by atoms with E-state index in [1.807, 2.05) is 20.0 Å². The van der Waals surface area contributed by atoms with Gasteiger partial charge in [-0.25, -0.2) is 4.98 Å². The third kappa shape index (κ3) is 2.76. The summed E-state index contributed by atoms with van der Waals surface area (Å²) < 4.78 is 0. The highest BCUT2D eigenvalue weighted by Gasteiger charge is 2.14. The summed E-state index contributed by atoms with van der Waals surface area (Å²) in [6.07, 6.45) is 2.16. The van der Waals surface area contributed by atoms with Crippen molar-refractivity contribution in [1.82, 2.24) is 10.3 Å². The minimum absolute atomic E-state index is 0.389. The molecular weight excluding hydrogens is 214 g/mol. The van der Waals surface area contributed by atoms with Crippen molar-refractivity contribution >= 4 is 5.82 Å². The van der Waals surface area contributed by atoms with Crippen molar-refractivity contribution in [3.8, 4) is 0 Å². The van der Waals surface area contributed by atoms with E-state index in [-0.39, 0.29) is 6.10 Å². The highest BCUT2D eigenvalue weighted by atomic mass is 16.3. The number of aryl methyl sites for hydroxylation is 1. The van der Waals surface area contributed by atoms with Crippen molar-refractivity contribution in [2.45, 2.75) is 26.4 Å². The van der Waals surface area contributed by atoms with E-state index in [1.54, 1.807) is 0 Å². The van der Waals surface area contributed by atoms with Crippen molar-refractivity contribution in [3.63, 3.8) is 0 Å². The van der Waals surface area contributed by atoms with Crippen LogP contribution in [0.25, 0.3) is 0 Å². The van der Waals surface area contributed by atoms with Gasteiger partial charge >= 0.3 is 0 Å². The van der Waals surface area contributed by atoms with Gasteiger partial charge < -0.3 is 15.3 Å². The molecule has 0 bridgehead atoms. The average molecular weight is 235 g/mol. The van der Waals surface area contributed by atoms with Crippen LogP contribution in [0.2, 0.25) is 0 Å². The van der Waals surface area contributed by atoms with Gasteiger partial charge in [-0.15, -0.1) is 0 Å². The third-order valence-corrected chi connectivity index (χ3v) is 3.32. The van der Waals surface area contributed by atoms with Crippen molar-refractivity contribution in [3.05, 3.63) is 23.4 Å². The van der Waals surface area contributed by atoms with Gasteiger partial charge in [0.1, 0.15) is 5.82 Å². The van der Waals surface area contributed by atoms with Crippen LogP contribution in [0.15, 0.2) is 12.3 Å². The highest BCUT2D eigenvalue weighted by molar-refractivity contribution is 5.44. The molecule has 1 fully saturated rings. The topological polar surface area (TPSA) is 48.4 Å². The number of rotatable bonds is 3. The van der Waals surface area contributed by atoms with Gasteiger partial charge in [-0.3, -0.25) is 0 Å². The molecular formula is C13H21N3O. The summed E-state index contributed by atoms with van der Waals surface area (Å²) in [5.41, 5.74) is 2.08. The van der Waals surface area contributed by atoms with E-state index >= 15 is 0 Å². The fourth-order valence-corrected chi connectivity index (χ4v) is 2.19. The van der Waals surface area contributed by atoms with E-state index in [0.717, 1.165) is 49.5 Å². The number of pyridine rings is 1. The smallest absolute Gasteiger partial charge is 0.128 e. The number of aliphatic hydroxyl groups excluding tert-OH is 1. The second kappa shape index (κ2) is 5.47. The molecule has 1 aliphatic heterocycles. The van der Waals surface area contributed by atoms with E-state index in [4.69, 9.17) is 0 Å². The fraction of sp³-hybridized carbons (Fsp3) is 0.615. The molecule has 2 heterocycles. The lowest BCUT2D eigenvalue weighted by atomic mass is 10.0. The Morgan fingerprint density at radius 3 is 2.76 bits per heavy atom. The van der Waals surface area contributed by atoms with Crippen LogP contribution in [0.3, 0.4) is 0 Å². The summed E-state index contributed by atoms with van der Waals surface area (Å²) in [6, 6.07) is 2.08. The Hall–Kier alpha value is -1.13. The van der Waals surface area contributed by atoms with Crippen molar-refractivity contribution in [2.24, 2.45) is 0 Å². The maximum Gasteiger partial charge on any atom is 0.128 e. The molecule has 4 heteroatoms. The molecule has 2 rings (SSSR count). The summed E-state index contributed by atoms with van der Waals surface area (Å²) in [7, 11) is 0. The first-order valence-electron chi connectivity index (χ1n) is 6.32. The Bertz CT molecular complexity index is 375. The second-order valence-corrected chi connectivity index (χ2v) is 4.56. The van der Waals surface area contributed by atoms with E-state index in [9.17, 15) is 5.11 Å². The number of aromatic nitrogens is 1. The fourth-order valence-electron chi connectivity index (χ4n) is 2.19. The maximum atomic E-state index is 9.85. The Labute approximate surface area is 103 Å². The highest BCUT2D eigenvalue weighted by Crippen LogP contribution is 2.23. The lowest BCUT2D eigenvalue weighted by Gasteiger charge is -2.29. The number of hydrogen-bond donors (Lipinski definition) is 2. The van der Waals surface area contributed by atoms with Crippen LogP contribution in [-0.4, -0.2) is 36.3 Å². The van der Waals surface area contributed by atoms with E-state index in [1.165, 1.54) is 0 Å². The number of aliphatic hydroxyl groups is 1. The van der Waals surface area contributed by atoms with Gasteiger partial charge in [-0.1, -0.05) is 6.92 Å². The van der Waals surface area contributed by atoms with Crippen LogP contribution < -0.4 is 10.2 Å². The van der Waals surface area contributed by atoms with E-state index in [2.05, 4.69) is 21.3 Å². The Morgan fingerprint density at radius 1 is 1.47 bits per heavy atom. The Balaban J connectivity index is 2.17. The van der Waals surface area contributed by atoms with Crippen LogP contribution in [0, 0.1) is 6.92 Å². The van der Waals surface area contributed by atoms with Gasteiger partial charge in [0.15, 0.2) is 0 Å². The molecule has 0 aromatic carbocycles. The monoisotopic (exact) mass is 235 g/mol. The van der Waals surface area contributed by atoms with Crippen LogP contribution in [0.4, 0.5) is 5.82 Å². The summed E-state index contributed by atoms with van der Waals surface area (Å²) in [4.78, 5) is 6.75. The molecule has 1 saturated heterocycles. The largest absolute Gasteiger partial charge is 0.388 e. The molecule has 1 aliphatic rings. The van der Waals surface area contributed by atoms with E-state index in [0.29, 0.717) is 0 Å². The summed E-state index contributed by atoms with van der Waals surface area (Å²) in [5, 5.41) is 13.2. The van der Waals surface area contributed by atoms with Crippen LogP contribution in [0.1, 0.15) is 30.6 Å². The number of anilines is 1. The molecule has 1 atom stereocenters. The number of piperazine rings is 1. The first-order valence-corrected chi connectivity index (χ1v) is 6.32. The van der Waals surface area contributed by atoms with Crippen LogP contribution in [-0.2, 0) is 0 Å². The SMILES string of the molecule is CCC(O)c1cnc(N2CCNCC2)cc1C. The Morgan fingerprint density at radius 2 is 2.18 bits per heavy atom. The zero-order valence-electron chi connectivity index (χ0n) is 10.6. The molecule has 1 aromatic rings. The van der Waals surface area contributed by atoms with Gasteiger partial charge in [-0.2, -0.15) is 0 Å². The van der Waals surface area contributed by atoms with Crippen molar-refractivity contribution in [2.75, 3.05) is 31.1 Å². The van der Waals surface area contributed by atoms with Crippen LogP contribution >= 0.6 is 0 Å². The summed E-state index contributed by atoms with van der Waals surface area (Å²) in [5.74, 6) is 1.02. The zero-order chi connectivity index (χ0) is 12.3. The minimum atomic E-state index is -0.389. The molecule has 0 saturated carbocycles. The van der Waals surface area contributed by atoms with Gasteiger partial charge in [0.2, 0.25) is 0 Å². The molecule has 1 aromatic heterocycles. The molecule has 2 N–H and O–H groups in total. The molecule has 4 nitrogen and oxygen atoms in total. The maximum absolute atomic E-state index is 9.85. The predicted octanol–water partition coefficient (Wildman–Crippen LogP) is 1.24. The molecule has 0 amide bonds. The third-order valence-electron chi connectivity index (χ3n) is 3.32. The zero-order valence-corrected chi connectivity index (χ0v) is 10.6. The molecule has 0 spiro atoms. The van der Waals surface area contributed by atoms with Crippen LogP contribution in [0.5, 0.6) is 0 Å². The van der Waals surface area contributed by atoms with Gasteiger partial charge in [-0.05, 0) is 25.0 Å². The molecule has 17 heavy (non-hydrogen) atoms. The lowest BCUT2D eigenvalue weighted by Crippen LogP contribution is -2.43. The van der Waals surface area contributed by atoms with E-state index < -0.39 is 0 Å². The average Bonchev–Trinajstić information content (AvgIpc) is 2.39. The molecule has 1 unspecified atom stereocenters. The first-order chi connectivity index (χ1) is 8.22. The number of nitrogens with zero attached hydrogens (tertiary/aromatic N) is 2. The molecule has 0 radical (unpaired) electrons. The number of hydrogen-bond acceptors (Lipinski definition) is 4. The normalized spacial score (nSPS) is 18.2. The summed E-state index contributed by atoms with van der Waals surface area (Å²) >= 11 is 0. The lowest BCUT2D eigenvalue weighted by molar-refractivity contribution is 0.172. The summed E-state index contributed by atoms with van der Waals surface area (Å²) in [6.45, 7) is 8.06. The second-order valence-electron chi connectivity index (χ2n) is 4.56. The number of nitrogens with one attached hydrogen (secondary N) is 1. The van der Waals surface area contributed by atoms with Gasteiger partial charge in [0.25, 0.3) is 0 Å². The molecule has 94 valence electrons. The first kappa shape index (κ1) is 12.3. The Kier molecular flexibility index (Phi) is 3.97. The van der Waals surface area contributed by atoms with Crippen molar-refractivity contribution in [1.29, 1.82) is 0 Å². The minimum Gasteiger partial charge on any atom is -0.388 e. The van der Waals surface area contributed by atoms with Crippen molar-refractivity contribution < 1.29 is 5.11 Å². The van der Waals surface area contributed by atoms with Gasteiger partial charge in [0.05, 0.1) is 6.10 Å². The van der Waals surface area contributed by atoms with Gasteiger partial charge in [0, 0.05) is 37.9 Å². The predicted molar refractivity (Wildman–Crippen MR) is 69.3 cm³/mol. The molecule has 0 aliphatic carbocycles.